The minimum atomic E-state index is -4.49. The molecule has 1 amide bonds. The second-order valence-electron chi connectivity index (χ2n) is 8.88. The zero-order valence-electron chi connectivity index (χ0n) is 18.3. The molecule has 2 aromatic carbocycles. The van der Waals surface area contributed by atoms with Gasteiger partial charge >= 0.3 is 6.18 Å². The van der Waals surface area contributed by atoms with Crippen LogP contribution >= 0.6 is 0 Å². The fraction of sp³-hybridized carbons (Fsp3) is 0.375. The van der Waals surface area contributed by atoms with Crippen molar-refractivity contribution in [2.24, 2.45) is 5.92 Å². The van der Waals surface area contributed by atoms with Crippen LogP contribution < -0.4 is 16.0 Å². The molecule has 2 heterocycles. The van der Waals surface area contributed by atoms with E-state index in [0.29, 0.717) is 23.8 Å². The number of nitrogens with one attached hydrogen (secondary N) is 1. The molecule has 3 aromatic rings. The van der Waals surface area contributed by atoms with Crippen LogP contribution in [-0.2, 0) is 17.4 Å². The van der Waals surface area contributed by atoms with E-state index in [2.05, 4.69) is 15.3 Å². The number of benzene rings is 2. The number of nitrogens with two attached hydrogens (primary N) is 1. The number of rotatable bonds is 4. The lowest BCUT2D eigenvalue weighted by molar-refractivity contribution is -0.137. The molecule has 3 N–H and O–H groups in total. The summed E-state index contributed by atoms with van der Waals surface area (Å²) in [6, 6.07) is 6.96. The van der Waals surface area contributed by atoms with E-state index in [9.17, 15) is 18.0 Å². The molecule has 33 heavy (non-hydrogen) atoms. The van der Waals surface area contributed by atoms with Crippen molar-refractivity contribution in [2.45, 2.75) is 45.3 Å². The molecule has 0 saturated heterocycles. The Balaban J connectivity index is 1.52. The zero-order valence-corrected chi connectivity index (χ0v) is 18.3. The first-order valence-electron chi connectivity index (χ1n) is 11.0. The van der Waals surface area contributed by atoms with Crippen LogP contribution in [0, 0.1) is 12.8 Å². The van der Waals surface area contributed by atoms with Gasteiger partial charge in [0.1, 0.15) is 11.6 Å². The van der Waals surface area contributed by atoms with Gasteiger partial charge in [-0.15, -0.1) is 0 Å². The molecule has 1 fully saturated rings. The highest BCUT2D eigenvalue weighted by atomic mass is 19.4. The summed E-state index contributed by atoms with van der Waals surface area (Å²) in [5.74, 6) is 1.33. The quantitative estimate of drug-likeness (QED) is 0.540. The molecule has 1 saturated carbocycles. The summed E-state index contributed by atoms with van der Waals surface area (Å²) in [7, 11) is 0. The minimum absolute atomic E-state index is 0.0456. The Morgan fingerprint density at radius 2 is 1.94 bits per heavy atom. The molecule has 1 aliphatic heterocycles. The summed E-state index contributed by atoms with van der Waals surface area (Å²) in [4.78, 5) is 23.6. The SMILES string of the molecule is Cc1nc(N[C@H](C)c2cc(N)cc(C(F)(F)F)c2)c2cc3c(cc2n1)CCN3C(=O)C1CC1. The molecule has 6 nitrogen and oxygen atoms in total. The topological polar surface area (TPSA) is 84.1 Å². The standard InChI is InChI=1S/C24H24F3N5O/c1-12(16-7-17(24(25,26)27)10-18(28)8-16)29-22-19-11-21-15(9-20(19)30-13(2)31-22)5-6-32(21)23(33)14-3-4-14/h7-12,14H,3-6,28H2,1-2H3,(H,29,30,31)/t12-/m1/s1. The average Bonchev–Trinajstić information content (AvgIpc) is 3.51. The van der Waals surface area contributed by atoms with Crippen LogP contribution in [0.15, 0.2) is 30.3 Å². The predicted molar refractivity (Wildman–Crippen MR) is 121 cm³/mol. The molecule has 9 heteroatoms. The van der Waals surface area contributed by atoms with Gasteiger partial charge in [-0.2, -0.15) is 13.2 Å². The van der Waals surface area contributed by atoms with Crippen LogP contribution in [-0.4, -0.2) is 22.4 Å². The van der Waals surface area contributed by atoms with Gasteiger partial charge in [-0.1, -0.05) is 0 Å². The predicted octanol–water partition coefficient (Wildman–Crippen LogP) is 5.01. The molecule has 5 rings (SSSR count). The van der Waals surface area contributed by atoms with E-state index in [4.69, 9.17) is 5.73 Å². The normalized spacial score (nSPS) is 16.7. The number of hydrogen-bond acceptors (Lipinski definition) is 5. The maximum absolute atomic E-state index is 13.3. The minimum Gasteiger partial charge on any atom is -0.399 e. The van der Waals surface area contributed by atoms with E-state index in [-0.39, 0.29) is 17.5 Å². The number of nitrogen functional groups attached to an aromatic ring is 1. The summed E-state index contributed by atoms with van der Waals surface area (Å²) >= 11 is 0. The summed E-state index contributed by atoms with van der Waals surface area (Å²) in [6.07, 6.45) is -1.84. The molecular weight excluding hydrogens is 431 g/mol. The molecule has 0 unspecified atom stereocenters. The molecule has 1 aliphatic carbocycles. The number of hydrogen-bond donors (Lipinski definition) is 2. The van der Waals surface area contributed by atoms with E-state index >= 15 is 0 Å². The second-order valence-corrected chi connectivity index (χ2v) is 8.88. The van der Waals surface area contributed by atoms with Crippen LogP contribution in [0.3, 0.4) is 0 Å². The van der Waals surface area contributed by atoms with E-state index in [0.717, 1.165) is 53.5 Å². The van der Waals surface area contributed by atoms with Gasteiger partial charge < -0.3 is 16.0 Å². The van der Waals surface area contributed by atoms with Crippen molar-refractivity contribution in [3.63, 3.8) is 0 Å². The first-order valence-corrected chi connectivity index (χ1v) is 11.0. The summed E-state index contributed by atoms with van der Waals surface area (Å²) in [5, 5.41) is 3.96. The van der Waals surface area contributed by atoms with Gasteiger partial charge in [-0.25, -0.2) is 9.97 Å². The number of carbonyl (C=O) groups excluding carboxylic acids is 1. The number of alkyl halides is 3. The van der Waals surface area contributed by atoms with Crippen LogP contribution in [0.1, 0.15) is 48.3 Å². The van der Waals surface area contributed by atoms with Crippen molar-refractivity contribution in [3.8, 4) is 0 Å². The van der Waals surface area contributed by atoms with Crippen LogP contribution in [0.25, 0.3) is 10.9 Å². The van der Waals surface area contributed by atoms with Crippen LogP contribution in [0.4, 0.5) is 30.4 Å². The Bertz CT molecular complexity index is 1270. The van der Waals surface area contributed by atoms with Crippen molar-refractivity contribution in [3.05, 3.63) is 52.8 Å². The molecule has 2 aliphatic rings. The maximum Gasteiger partial charge on any atom is 0.416 e. The third kappa shape index (κ3) is 4.07. The average molecular weight is 455 g/mol. The van der Waals surface area contributed by atoms with Crippen molar-refractivity contribution in [1.29, 1.82) is 0 Å². The third-order valence-corrected chi connectivity index (χ3v) is 6.25. The summed E-state index contributed by atoms with van der Waals surface area (Å²) in [6.45, 7) is 4.18. The van der Waals surface area contributed by atoms with E-state index in [1.165, 1.54) is 6.07 Å². The Labute approximate surface area is 189 Å². The van der Waals surface area contributed by atoms with Gasteiger partial charge in [0.15, 0.2) is 0 Å². The van der Waals surface area contributed by atoms with Gasteiger partial charge in [-0.3, -0.25) is 4.79 Å². The van der Waals surface area contributed by atoms with Gasteiger partial charge in [0.2, 0.25) is 5.91 Å². The number of nitrogens with zero attached hydrogens (tertiary/aromatic N) is 3. The number of halogens is 3. The van der Waals surface area contributed by atoms with Gasteiger partial charge in [-0.05, 0) is 74.6 Å². The molecule has 1 aromatic heterocycles. The lowest BCUT2D eigenvalue weighted by Crippen LogP contribution is -2.30. The fourth-order valence-electron chi connectivity index (χ4n) is 4.40. The van der Waals surface area contributed by atoms with Gasteiger partial charge in [0.25, 0.3) is 0 Å². The van der Waals surface area contributed by atoms with Gasteiger partial charge in [0, 0.05) is 29.2 Å². The zero-order chi connectivity index (χ0) is 23.5. The van der Waals surface area contributed by atoms with Gasteiger partial charge in [0.05, 0.1) is 17.1 Å². The number of aryl methyl sites for hydroxylation is 1. The highest BCUT2D eigenvalue weighted by molar-refractivity contribution is 6.02. The van der Waals surface area contributed by atoms with Crippen LogP contribution in [0.5, 0.6) is 0 Å². The molecule has 172 valence electrons. The number of aromatic nitrogens is 2. The number of anilines is 3. The Hall–Kier alpha value is -3.36. The van der Waals surface area contributed by atoms with Crippen molar-refractivity contribution in [1.82, 2.24) is 9.97 Å². The third-order valence-electron chi connectivity index (χ3n) is 6.25. The fourth-order valence-corrected chi connectivity index (χ4v) is 4.40. The smallest absolute Gasteiger partial charge is 0.399 e. The molecule has 1 atom stereocenters. The van der Waals surface area contributed by atoms with Crippen molar-refractivity contribution in [2.75, 3.05) is 22.5 Å². The number of amides is 1. The first kappa shape index (κ1) is 21.5. The summed E-state index contributed by atoms with van der Waals surface area (Å²) < 4.78 is 39.8. The van der Waals surface area contributed by atoms with E-state index in [1.807, 2.05) is 17.0 Å². The first-order chi connectivity index (χ1) is 15.6. The molecule has 0 spiro atoms. The van der Waals surface area contributed by atoms with E-state index in [1.54, 1.807) is 13.8 Å². The summed E-state index contributed by atoms with van der Waals surface area (Å²) in [5.41, 5.74) is 8.07. The van der Waals surface area contributed by atoms with Crippen molar-refractivity contribution < 1.29 is 18.0 Å². The maximum atomic E-state index is 13.3. The highest BCUT2D eigenvalue weighted by Crippen LogP contribution is 2.39. The second kappa shape index (κ2) is 7.60. The Kier molecular flexibility index (Phi) is 4.95. The Morgan fingerprint density at radius 1 is 1.18 bits per heavy atom. The largest absolute Gasteiger partial charge is 0.416 e. The Morgan fingerprint density at radius 3 is 2.64 bits per heavy atom. The van der Waals surface area contributed by atoms with Crippen LogP contribution in [0.2, 0.25) is 0 Å². The highest BCUT2D eigenvalue weighted by Gasteiger charge is 2.37. The number of fused-ring (bicyclic) bond motifs is 2. The van der Waals surface area contributed by atoms with Crippen molar-refractivity contribution >= 4 is 34.0 Å². The molecule has 0 bridgehead atoms. The molecular formula is C24H24F3N5O. The number of carbonyl (C=O) groups is 1. The van der Waals surface area contributed by atoms with E-state index < -0.39 is 17.8 Å². The lowest BCUT2D eigenvalue weighted by Gasteiger charge is -2.20. The lowest BCUT2D eigenvalue weighted by atomic mass is 10.0. The molecule has 0 radical (unpaired) electrons. The monoisotopic (exact) mass is 455 g/mol.